The van der Waals surface area contributed by atoms with Crippen LogP contribution in [0, 0.1) is 6.92 Å². The molecule has 1 N–H and O–H groups in total. The van der Waals surface area contributed by atoms with Crippen LogP contribution in [0.15, 0.2) is 53.1 Å². The molecule has 0 unspecified atom stereocenters. The number of hydrogen-bond acceptors (Lipinski definition) is 4. The minimum atomic E-state index is -0.145. The normalized spacial score (nSPS) is 11.1. The molecule has 6 heteroatoms. The molecule has 1 amide bonds. The highest BCUT2D eigenvalue weighted by atomic mass is 16.3. The Labute approximate surface area is 159 Å². The highest BCUT2D eigenvalue weighted by molar-refractivity contribution is 5.99. The van der Waals surface area contributed by atoms with Crippen molar-refractivity contribution in [3.05, 3.63) is 60.0 Å². The van der Waals surface area contributed by atoms with Gasteiger partial charge >= 0.3 is 0 Å². The maximum absolute atomic E-state index is 12.8. The van der Waals surface area contributed by atoms with Gasteiger partial charge in [0, 0.05) is 19.3 Å². The summed E-state index contributed by atoms with van der Waals surface area (Å²) >= 11 is 0. The number of nitrogens with zero attached hydrogens (tertiary/aromatic N) is 3. The Morgan fingerprint density at radius 1 is 1.15 bits per heavy atom. The number of hydrogen-bond donors (Lipinski definition) is 1. The first-order valence-corrected chi connectivity index (χ1v) is 9.34. The van der Waals surface area contributed by atoms with Gasteiger partial charge in [-0.15, -0.1) is 0 Å². The molecule has 0 aliphatic carbocycles. The third kappa shape index (κ3) is 4.46. The van der Waals surface area contributed by atoms with Crippen LogP contribution in [0.2, 0.25) is 0 Å². The van der Waals surface area contributed by atoms with Crippen LogP contribution in [0.5, 0.6) is 0 Å². The van der Waals surface area contributed by atoms with Crippen molar-refractivity contribution in [3.63, 3.8) is 0 Å². The quantitative estimate of drug-likeness (QED) is 0.663. The van der Waals surface area contributed by atoms with Gasteiger partial charge in [-0.3, -0.25) is 4.79 Å². The third-order valence-corrected chi connectivity index (χ3v) is 4.56. The topological polar surface area (TPSA) is 63.3 Å². The maximum atomic E-state index is 12.8. The monoisotopic (exact) mass is 366 g/mol. The van der Waals surface area contributed by atoms with Gasteiger partial charge in [0.15, 0.2) is 5.76 Å². The summed E-state index contributed by atoms with van der Waals surface area (Å²) in [7, 11) is 0. The van der Waals surface area contributed by atoms with E-state index >= 15 is 0 Å². The number of carbonyl (C=O) groups excluding carboxylic acids is 1. The Balaban J connectivity index is 1.86. The number of carbonyl (C=O) groups is 1. The average Bonchev–Trinajstić information content (AvgIpc) is 3.32. The molecule has 0 aliphatic rings. The number of aromatic nitrogens is 2. The standard InChI is InChI=1S/C21H26N4O2/c1-4-24(5-2)14-13-22-21(26)18-15-25(17-9-7-6-8-10-17)23-20(18)19-12-11-16(3)27-19/h6-12,15H,4-5,13-14H2,1-3H3,(H,22,26). The number of nitrogens with one attached hydrogen (secondary N) is 1. The van der Waals surface area contributed by atoms with E-state index in [1.165, 1.54) is 0 Å². The minimum absolute atomic E-state index is 0.145. The highest BCUT2D eigenvalue weighted by Crippen LogP contribution is 2.25. The second-order valence-electron chi connectivity index (χ2n) is 6.36. The molecule has 6 nitrogen and oxygen atoms in total. The van der Waals surface area contributed by atoms with Gasteiger partial charge < -0.3 is 14.6 Å². The van der Waals surface area contributed by atoms with E-state index < -0.39 is 0 Å². The van der Waals surface area contributed by atoms with E-state index in [-0.39, 0.29) is 5.91 Å². The van der Waals surface area contributed by atoms with Crippen LogP contribution < -0.4 is 5.32 Å². The van der Waals surface area contributed by atoms with E-state index in [2.05, 4.69) is 29.2 Å². The first kappa shape index (κ1) is 18.9. The van der Waals surface area contributed by atoms with Crippen LogP contribution in [-0.2, 0) is 0 Å². The lowest BCUT2D eigenvalue weighted by Gasteiger charge is -2.17. The fourth-order valence-electron chi connectivity index (χ4n) is 2.96. The molecule has 27 heavy (non-hydrogen) atoms. The SMILES string of the molecule is CCN(CC)CCNC(=O)c1cn(-c2ccccc2)nc1-c1ccc(C)o1. The zero-order valence-electron chi connectivity index (χ0n) is 16.1. The molecule has 0 aliphatic heterocycles. The predicted molar refractivity (Wildman–Crippen MR) is 106 cm³/mol. The summed E-state index contributed by atoms with van der Waals surface area (Å²) in [6.07, 6.45) is 1.76. The minimum Gasteiger partial charge on any atom is -0.460 e. The second-order valence-corrected chi connectivity index (χ2v) is 6.36. The zero-order chi connectivity index (χ0) is 19.2. The predicted octanol–water partition coefficient (Wildman–Crippen LogP) is 3.51. The molecule has 3 aromatic rings. The van der Waals surface area contributed by atoms with Crippen molar-refractivity contribution in [2.75, 3.05) is 26.2 Å². The summed E-state index contributed by atoms with van der Waals surface area (Å²) in [6, 6.07) is 13.5. The highest BCUT2D eigenvalue weighted by Gasteiger charge is 2.20. The van der Waals surface area contributed by atoms with Crippen molar-refractivity contribution in [1.82, 2.24) is 20.0 Å². The fourth-order valence-corrected chi connectivity index (χ4v) is 2.96. The van der Waals surface area contributed by atoms with Gasteiger partial charge in [-0.05, 0) is 44.3 Å². The molecule has 0 saturated carbocycles. The lowest BCUT2D eigenvalue weighted by molar-refractivity contribution is 0.0949. The van der Waals surface area contributed by atoms with E-state index in [4.69, 9.17) is 4.42 Å². The number of aryl methyl sites for hydroxylation is 1. The molecule has 2 aromatic heterocycles. The van der Waals surface area contributed by atoms with Gasteiger partial charge in [0.05, 0.1) is 11.3 Å². The number of benzene rings is 1. The van der Waals surface area contributed by atoms with E-state index in [0.29, 0.717) is 23.6 Å². The Morgan fingerprint density at radius 2 is 1.89 bits per heavy atom. The van der Waals surface area contributed by atoms with Crippen molar-refractivity contribution in [3.8, 4) is 17.1 Å². The molecule has 2 heterocycles. The molecule has 3 rings (SSSR count). The zero-order valence-corrected chi connectivity index (χ0v) is 16.1. The van der Waals surface area contributed by atoms with Crippen molar-refractivity contribution in [2.45, 2.75) is 20.8 Å². The molecule has 0 fully saturated rings. The summed E-state index contributed by atoms with van der Waals surface area (Å²) in [5, 5.41) is 7.62. The molecule has 0 bridgehead atoms. The first-order chi connectivity index (χ1) is 13.1. The number of rotatable bonds is 8. The largest absolute Gasteiger partial charge is 0.460 e. The summed E-state index contributed by atoms with van der Waals surface area (Å²) in [5.41, 5.74) is 1.95. The summed E-state index contributed by atoms with van der Waals surface area (Å²) in [4.78, 5) is 15.1. The summed E-state index contributed by atoms with van der Waals surface area (Å²) in [6.45, 7) is 9.46. The Morgan fingerprint density at radius 3 is 2.52 bits per heavy atom. The summed E-state index contributed by atoms with van der Waals surface area (Å²) in [5.74, 6) is 1.23. The van der Waals surface area contributed by atoms with Crippen molar-refractivity contribution in [2.24, 2.45) is 0 Å². The number of likely N-dealkylation sites (N-methyl/N-ethyl adjacent to an activating group) is 1. The van der Waals surface area contributed by atoms with Crippen LogP contribution in [0.1, 0.15) is 30.0 Å². The number of amides is 1. The molecular weight excluding hydrogens is 340 g/mol. The molecule has 0 saturated heterocycles. The second kappa shape index (κ2) is 8.68. The van der Waals surface area contributed by atoms with Gasteiger partial charge in [-0.25, -0.2) is 4.68 Å². The van der Waals surface area contributed by atoms with Crippen LogP contribution >= 0.6 is 0 Å². The van der Waals surface area contributed by atoms with Gasteiger partial charge in [0.25, 0.3) is 5.91 Å². The van der Waals surface area contributed by atoms with Gasteiger partial charge in [-0.1, -0.05) is 32.0 Å². The molecule has 0 radical (unpaired) electrons. The van der Waals surface area contributed by atoms with Crippen LogP contribution in [0.25, 0.3) is 17.1 Å². The fraction of sp³-hybridized carbons (Fsp3) is 0.333. The Hall–Kier alpha value is -2.86. The molecule has 142 valence electrons. The first-order valence-electron chi connectivity index (χ1n) is 9.34. The van der Waals surface area contributed by atoms with Crippen LogP contribution in [-0.4, -0.2) is 46.8 Å². The van der Waals surface area contributed by atoms with Gasteiger partial charge in [-0.2, -0.15) is 5.10 Å². The average molecular weight is 366 g/mol. The van der Waals surface area contributed by atoms with E-state index in [0.717, 1.165) is 31.1 Å². The molecule has 0 spiro atoms. The Kier molecular flexibility index (Phi) is 6.08. The van der Waals surface area contributed by atoms with Crippen LogP contribution in [0.4, 0.5) is 0 Å². The van der Waals surface area contributed by atoms with E-state index in [1.807, 2.05) is 49.4 Å². The molecular formula is C21H26N4O2. The van der Waals surface area contributed by atoms with E-state index in [9.17, 15) is 4.79 Å². The number of furan rings is 1. The van der Waals surface area contributed by atoms with E-state index in [1.54, 1.807) is 10.9 Å². The Bertz CT molecular complexity index is 879. The van der Waals surface area contributed by atoms with Crippen molar-refractivity contribution < 1.29 is 9.21 Å². The third-order valence-electron chi connectivity index (χ3n) is 4.56. The molecule has 0 atom stereocenters. The molecule has 1 aromatic carbocycles. The smallest absolute Gasteiger partial charge is 0.255 e. The van der Waals surface area contributed by atoms with Gasteiger partial charge in [0.2, 0.25) is 0 Å². The lowest BCUT2D eigenvalue weighted by atomic mass is 10.2. The lowest BCUT2D eigenvalue weighted by Crippen LogP contribution is -2.34. The van der Waals surface area contributed by atoms with Crippen LogP contribution in [0.3, 0.4) is 0 Å². The maximum Gasteiger partial charge on any atom is 0.255 e. The van der Waals surface area contributed by atoms with Gasteiger partial charge in [0.1, 0.15) is 11.5 Å². The van der Waals surface area contributed by atoms with Crippen molar-refractivity contribution in [1.29, 1.82) is 0 Å². The number of para-hydroxylation sites is 1. The van der Waals surface area contributed by atoms with Crippen molar-refractivity contribution >= 4 is 5.91 Å². The summed E-state index contributed by atoms with van der Waals surface area (Å²) < 4.78 is 7.44.